The maximum absolute atomic E-state index is 11.2. The molecule has 0 aliphatic carbocycles. The van der Waals surface area contributed by atoms with Crippen molar-refractivity contribution in [3.05, 3.63) is 44.9 Å². The highest BCUT2D eigenvalue weighted by atomic mass is 79.9. The van der Waals surface area contributed by atoms with Crippen LogP contribution in [-0.4, -0.2) is 16.1 Å². The van der Waals surface area contributed by atoms with Crippen LogP contribution in [0.4, 0.5) is 16.2 Å². The Morgan fingerprint density at radius 3 is 2.63 bits per heavy atom. The first-order valence-electron chi connectivity index (χ1n) is 5.06. The van der Waals surface area contributed by atoms with E-state index in [9.17, 15) is 14.9 Å². The lowest BCUT2D eigenvalue weighted by Crippen LogP contribution is -2.36. The minimum Gasteiger partial charge on any atom is -0.464 e. The second kappa shape index (κ2) is 4.82. The standard InChI is InChI=1S/C11H8BrN3O4/c12-7-2-3-8-6(5-7)1-4-9(10(8)15(18)19)14(13)11(16)17/h1-5H,13H2,(H,16,17). The number of carboxylic acid groups (broad SMARTS) is 1. The third-order valence-corrected chi connectivity index (χ3v) is 3.07. The summed E-state index contributed by atoms with van der Waals surface area (Å²) in [6, 6.07) is 7.76. The van der Waals surface area contributed by atoms with Crippen molar-refractivity contribution in [1.82, 2.24) is 0 Å². The third kappa shape index (κ3) is 2.35. The molecule has 0 unspecified atom stereocenters. The van der Waals surface area contributed by atoms with Crippen LogP contribution in [0.1, 0.15) is 0 Å². The minimum absolute atomic E-state index is 0.174. The van der Waals surface area contributed by atoms with E-state index in [1.807, 2.05) is 0 Å². The summed E-state index contributed by atoms with van der Waals surface area (Å²) in [5.74, 6) is 5.32. The van der Waals surface area contributed by atoms with Gasteiger partial charge in [0.1, 0.15) is 5.69 Å². The van der Waals surface area contributed by atoms with Gasteiger partial charge in [0.2, 0.25) is 0 Å². The number of halogens is 1. The van der Waals surface area contributed by atoms with Gasteiger partial charge in [0.25, 0.3) is 0 Å². The Labute approximate surface area is 115 Å². The summed E-state index contributed by atoms with van der Waals surface area (Å²) in [5.41, 5.74) is -0.512. The van der Waals surface area contributed by atoms with Crippen molar-refractivity contribution >= 4 is 44.2 Å². The van der Waals surface area contributed by atoms with E-state index in [0.717, 1.165) is 4.47 Å². The highest BCUT2D eigenvalue weighted by molar-refractivity contribution is 9.10. The van der Waals surface area contributed by atoms with Crippen LogP contribution in [0.25, 0.3) is 10.8 Å². The number of nitro groups is 1. The fourth-order valence-corrected chi connectivity index (χ4v) is 2.14. The number of fused-ring (bicyclic) bond motifs is 1. The number of carbonyl (C=O) groups is 1. The van der Waals surface area contributed by atoms with Crippen molar-refractivity contribution in [1.29, 1.82) is 0 Å². The molecule has 0 aliphatic heterocycles. The summed E-state index contributed by atoms with van der Waals surface area (Å²) in [7, 11) is 0. The van der Waals surface area contributed by atoms with Crippen molar-refractivity contribution in [2.75, 3.05) is 5.01 Å². The zero-order chi connectivity index (χ0) is 14.2. The fourth-order valence-electron chi connectivity index (χ4n) is 1.76. The van der Waals surface area contributed by atoms with E-state index in [1.54, 1.807) is 18.2 Å². The Morgan fingerprint density at radius 1 is 1.37 bits per heavy atom. The molecule has 0 spiro atoms. The number of benzene rings is 2. The first kappa shape index (κ1) is 13.2. The number of rotatable bonds is 2. The van der Waals surface area contributed by atoms with Crippen LogP contribution < -0.4 is 10.9 Å². The molecule has 0 radical (unpaired) electrons. The maximum Gasteiger partial charge on any atom is 0.426 e. The molecule has 19 heavy (non-hydrogen) atoms. The molecular formula is C11H8BrN3O4. The molecule has 8 heteroatoms. The van der Waals surface area contributed by atoms with Crippen LogP contribution in [-0.2, 0) is 0 Å². The fraction of sp³-hybridized carbons (Fsp3) is 0. The van der Waals surface area contributed by atoms with Crippen molar-refractivity contribution in [2.24, 2.45) is 5.84 Å². The topological polar surface area (TPSA) is 110 Å². The molecule has 3 N–H and O–H groups in total. The summed E-state index contributed by atoms with van der Waals surface area (Å²) in [4.78, 5) is 21.4. The van der Waals surface area contributed by atoms with Crippen molar-refractivity contribution in [3.8, 4) is 0 Å². The maximum atomic E-state index is 11.2. The largest absolute Gasteiger partial charge is 0.464 e. The van der Waals surface area contributed by atoms with Gasteiger partial charge in [0, 0.05) is 4.47 Å². The Bertz CT molecular complexity index is 689. The van der Waals surface area contributed by atoms with E-state index in [1.165, 1.54) is 12.1 Å². The van der Waals surface area contributed by atoms with Gasteiger partial charge in [-0.3, -0.25) is 10.1 Å². The number of nitro benzene ring substituents is 1. The quantitative estimate of drug-likeness (QED) is 0.382. The van der Waals surface area contributed by atoms with E-state index >= 15 is 0 Å². The lowest BCUT2D eigenvalue weighted by atomic mass is 10.1. The molecule has 0 atom stereocenters. The van der Waals surface area contributed by atoms with Crippen LogP contribution in [0.2, 0.25) is 0 Å². The summed E-state index contributed by atoms with van der Waals surface area (Å²) >= 11 is 3.27. The number of nitrogens with zero attached hydrogens (tertiary/aromatic N) is 2. The van der Waals surface area contributed by atoms with E-state index in [-0.39, 0.29) is 11.4 Å². The van der Waals surface area contributed by atoms with Crippen LogP contribution in [0.3, 0.4) is 0 Å². The highest BCUT2D eigenvalue weighted by Gasteiger charge is 2.24. The Balaban J connectivity index is 2.79. The second-order valence-electron chi connectivity index (χ2n) is 3.71. The Morgan fingerprint density at radius 2 is 2.05 bits per heavy atom. The number of hydrogen-bond acceptors (Lipinski definition) is 4. The zero-order valence-electron chi connectivity index (χ0n) is 9.41. The number of hydrazine groups is 1. The predicted molar refractivity (Wildman–Crippen MR) is 73.0 cm³/mol. The molecule has 0 aromatic heterocycles. The molecule has 0 fully saturated rings. The van der Waals surface area contributed by atoms with E-state index < -0.39 is 11.0 Å². The van der Waals surface area contributed by atoms with E-state index in [2.05, 4.69) is 15.9 Å². The Hall–Kier alpha value is -2.19. The molecule has 0 bridgehead atoms. The lowest BCUT2D eigenvalue weighted by molar-refractivity contribution is -0.382. The summed E-state index contributed by atoms with van der Waals surface area (Å²) in [5, 5.41) is 21.3. The van der Waals surface area contributed by atoms with Gasteiger partial charge in [-0.1, -0.05) is 22.0 Å². The Kier molecular flexibility index (Phi) is 3.36. The van der Waals surface area contributed by atoms with Gasteiger partial charge in [-0.25, -0.2) is 15.6 Å². The number of nitrogens with two attached hydrogens (primary N) is 1. The van der Waals surface area contributed by atoms with Crippen LogP contribution >= 0.6 is 15.9 Å². The molecule has 98 valence electrons. The van der Waals surface area contributed by atoms with Gasteiger partial charge in [-0.15, -0.1) is 0 Å². The monoisotopic (exact) mass is 325 g/mol. The molecule has 2 rings (SSSR count). The molecular weight excluding hydrogens is 318 g/mol. The highest BCUT2D eigenvalue weighted by Crippen LogP contribution is 2.35. The zero-order valence-corrected chi connectivity index (χ0v) is 11.0. The van der Waals surface area contributed by atoms with Crippen LogP contribution in [0, 0.1) is 10.1 Å². The first-order valence-corrected chi connectivity index (χ1v) is 5.85. The molecule has 0 aliphatic rings. The van der Waals surface area contributed by atoms with Crippen LogP contribution in [0.5, 0.6) is 0 Å². The summed E-state index contributed by atoms with van der Waals surface area (Å²) in [6.07, 6.45) is -1.47. The minimum atomic E-state index is -1.47. The van der Waals surface area contributed by atoms with E-state index in [4.69, 9.17) is 10.9 Å². The smallest absolute Gasteiger partial charge is 0.426 e. The normalized spacial score (nSPS) is 10.4. The average Bonchev–Trinajstić information content (AvgIpc) is 2.35. The van der Waals surface area contributed by atoms with Gasteiger partial charge in [0.15, 0.2) is 0 Å². The number of anilines is 1. The van der Waals surface area contributed by atoms with Gasteiger partial charge in [-0.05, 0) is 29.7 Å². The molecule has 0 saturated carbocycles. The molecule has 2 aromatic carbocycles. The number of hydrogen-bond donors (Lipinski definition) is 2. The first-order chi connectivity index (χ1) is 8.91. The molecule has 0 saturated heterocycles. The SMILES string of the molecule is NN(C(=O)O)c1ccc2cc(Br)ccc2c1[N+](=O)[O-]. The van der Waals surface area contributed by atoms with Gasteiger partial charge < -0.3 is 5.11 Å². The third-order valence-electron chi connectivity index (χ3n) is 2.58. The van der Waals surface area contributed by atoms with Gasteiger partial charge >= 0.3 is 11.8 Å². The average molecular weight is 326 g/mol. The predicted octanol–water partition coefficient (Wildman–Crippen LogP) is 2.87. The summed E-state index contributed by atoms with van der Waals surface area (Å²) in [6.45, 7) is 0. The number of amides is 1. The second-order valence-corrected chi connectivity index (χ2v) is 4.62. The molecule has 7 nitrogen and oxygen atoms in total. The molecule has 0 heterocycles. The van der Waals surface area contributed by atoms with Gasteiger partial charge in [0.05, 0.1) is 10.3 Å². The van der Waals surface area contributed by atoms with Crippen molar-refractivity contribution in [2.45, 2.75) is 0 Å². The molecule has 2 aromatic rings. The lowest BCUT2D eigenvalue weighted by Gasteiger charge is -2.13. The van der Waals surface area contributed by atoms with Crippen LogP contribution in [0.15, 0.2) is 34.8 Å². The van der Waals surface area contributed by atoms with E-state index in [0.29, 0.717) is 15.8 Å². The van der Waals surface area contributed by atoms with Crippen molar-refractivity contribution < 1.29 is 14.8 Å². The summed E-state index contributed by atoms with van der Waals surface area (Å²) < 4.78 is 0.768. The van der Waals surface area contributed by atoms with Crippen molar-refractivity contribution in [3.63, 3.8) is 0 Å². The van der Waals surface area contributed by atoms with Gasteiger partial charge in [-0.2, -0.15) is 0 Å². The molecule has 1 amide bonds.